The highest BCUT2D eigenvalue weighted by molar-refractivity contribution is 5.66. The summed E-state index contributed by atoms with van der Waals surface area (Å²) in [5, 5.41) is 8.82. The number of rotatable bonds is 5. The second kappa shape index (κ2) is 6.97. The van der Waals surface area contributed by atoms with Gasteiger partial charge in [-0.25, -0.2) is 0 Å². The van der Waals surface area contributed by atoms with Gasteiger partial charge in [0.2, 0.25) is 0 Å². The fourth-order valence-electron chi connectivity index (χ4n) is 2.57. The second-order valence-electron chi connectivity index (χ2n) is 5.59. The molecule has 0 spiro atoms. The summed E-state index contributed by atoms with van der Waals surface area (Å²) >= 11 is 0. The third-order valence-corrected chi connectivity index (χ3v) is 3.32. The molecule has 0 aliphatic carbocycles. The SMILES string of the molecule is CC(C)CN1CCCN(C)CC1CCC(=O)O. The Morgan fingerprint density at radius 1 is 1.41 bits per heavy atom. The lowest BCUT2D eigenvalue weighted by Gasteiger charge is -2.32. The molecule has 4 nitrogen and oxygen atoms in total. The van der Waals surface area contributed by atoms with Gasteiger partial charge in [-0.3, -0.25) is 9.69 Å². The molecule has 0 bridgehead atoms. The number of carboxylic acid groups (broad SMARTS) is 1. The first-order valence-corrected chi connectivity index (χ1v) is 6.63. The van der Waals surface area contributed by atoms with Crippen molar-refractivity contribution in [1.29, 1.82) is 0 Å². The van der Waals surface area contributed by atoms with E-state index >= 15 is 0 Å². The molecule has 1 atom stereocenters. The minimum absolute atomic E-state index is 0.285. The number of hydrogen-bond donors (Lipinski definition) is 1. The molecule has 0 radical (unpaired) electrons. The van der Waals surface area contributed by atoms with Crippen LogP contribution in [0.3, 0.4) is 0 Å². The van der Waals surface area contributed by atoms with Crippen LogP contribution in [0.2, 0.25) is 0 Å². The molecule has 0 aromatic heterocycles. The monoisotopic (exact) mass is 242 g/mol. The van der Waals surface area contributed by atoms with Gasteiger partial charge >= 0.3 is 5.97 Å². The zero-order valence-corrected chi connectivity index (χ0v) is 11.4. The van der Waals surface area contributed by atoms with Gasteiger partial charge in [0.25, 0.3) is 0 Å². The number of aliphatic carboxylic acids is 1. The van der Waals surface area contributed by atoms with E-state index in [0.29, 0.717) is 12.0 Å². The zero-order chi connectivity index (χ0) is 12.8. The summed E-state index contributed by atoms with van der Waals surface area (Å²) in [5.74, 6) is -0.0351. The van der Waals surface area contributed by atoms with Crippen LogP contribution in [0, 0.1) is 5.92 Å². The fraction of sp³-hybridized carbons (Fsp3) is 0.923. The van der Waals surface area contributed by atoms with Gasteiger partial charge in [-0.15, -0.1) is 0 Å². The zero-order valence-electron chi connectivity index (χ0n) is 11.4. The normalized spacial score (nSPS) is 23.9. The predicted molar refractivity (Wildman–Crippen MR) is 69.2 cm³/mol. The van der Waals surface area contributed by atoms with Gasteiger partial charge in [0.15, 0.2) is 0 Å². The van der Waals surface area contributed by atoms with Crippen LogP contribution >= 0.6 is 0 Å². The van der Waals surface area contributed by atoms with Crippen molar-refractivity contribution in [3.8, 4) is 0 Å². The maximum Gasteiger partial charge on any atom is 0.303 e. The van der Waals surface area contributed by atoms with E-state index < -0.39 is 5.97 Å². The van der Waals surface area contributed by atoms with Gasteiger partial charge in [0, 0.05) is 25.6 Å². The smallest absolute Gasteiger partial charge is 0.303 e. The third-order valence-electron chi connectivity index (χ3n) is 3.32. The molecule has 17 heavy (non-hydrogen) atoms. The molecule has 1 saturated heterocycles. The summed E-state index contributed by atoms with van der Waals surface area (Å²) < 4.78 is 0. The van der Waals surface area contributed by atoms with E-state index in [9.17, 15) is 4.79 Å². The fourth-order valence-corrected chi connectivity index (χ4v) is 2.57. The van der Waals surface area contributed by atoms with Crippen molar-refractivity contribution < 1.29 is 9.90 Å². The van der Waals surface area contributed by atoms with E-state index in [0.717, 1.165) is 32.6 Å². The quantitative estimate of drug-likeness (QED) is 0.794. The van der Waals surface area contributed by atoms with Crippen molar-refractivity contribution in [2.45, 2.75) is 39.2 Å². The molecule has 0 amide bonds. The van der Waals surface area contributed by atoms with Crippen LogP contribution in [0.15, 0.2) is 0 Å². The highest BCUT2D eigenvalue weighted by atomic mass is 16.4. The summed E-state index contributed by atoms with van der Waals surface area (Å²) in [6.07, 6.45) is 2.24. The molecular formula is C13H26N2O2. The molecule has 1 unspecified atom stereocenters. The van der Waals surface area contributed by atoms with E-state index in [4.69, 9.17) is 5.11 Å². The topological polar surface area (TPSA) is 43.8 Å². The van der Waals surface area contributed by atoms with Crippen LogP contribution in [-0.4, -0.2) is 60.1 Å². The minimum Gasteiger partial charge on any atom is -0.481 e. The summed E-state index contributed by atoms with van der Waals surface area (Å²) in [6, 6.07) is 0.404. The molecule has 0 aromatic rings. The number of carbonyl (C=O) groups is 1. The Bertz CT molecular complexity index is 244. The van der Waals surface area contributed by atoms with Crippen LogP contribution in [0.1, 0.15) is 33.1 Å². The molecule has 4 heteroatoms. The highest BCUT2D eigenvalue weighted by Gasteiger charge is 2.24. The first-order valence-electron chi connectivity index (χ1n) is 6.63. The van der Waals surface area contributed by atoms with Crippen LogP contribution in [0.5, 0.6) is 0 Å². The largest absolute Gasteiger partial charge is 0.481 e. The Balaban J connectivity index is 2.57. The molecule has 1 fully saturated rings. The second-order valence-corrected chi connectivity index (χ2v) is 5.59. The van der Waals surface area contributed by atoms with Crippen LogP contribution in [-0.2, 0) is 4.79 Å². The lowest BCUT2D eigenvalue weighted by molar-refractivity contribution is -0.137. The highest BCUT2D eigenvalue weighted by Crippen LogP contribution is 2.15. The van der Waals surface area contributed by atoms with E-state index in [1.807, 2.05) is 0 Å². The van der Waals surface area contributed by atoms with E-state index in [1.54, 1.807) is 0 Å². The standard InChI is InChI=1S/C13H26N2O2/c1-11(2)9-15-8-4-7-14(3)10-12(15)5-6-13(16)17/h11-12H,4-10H2,1-3H3,(H,16,17). The molecule has 1 N–H and O–H groups in total. The molecule has 0 saturated carbocycles. The van der Waals surface area contributed by atoms with Gasteiger partial charge in [0.1, 0.15) is 0 Å². The molecule has 100 valence electrons. The Morgan fingerprint density at radius 3 is 2.71 bits per heavy atom. The molecular weight excluding hydrogens is 216 g/mol. The van der Waals surface area contributed by atoms with Crippen molar-refractivity contribution in [3.05, 3.63) is 0 Å². The Kier molecular flexibility index (Phi) is 5.92. The van der Waals surface area contributed by atoms with Gasteiger partial charge in [0.05, 0.1) is 0 Å². The van der Waals surface area contributed by atoms with Crippen molar-refractivity contribution in [2.75, 3.05) is 33.2 Å². The molecule has 1 aliphatic heterocycles. The molecule has 0 aromatic carbocycles. The van der Waals surface area contributed by atoms with Crippen molar-refractivity contribution >= 4 is 5.97 Å². The summed E-state index contributed by atoms with van der Waals surface area (Å²) in [4.78, 5) is 15.5. The van der Waals surface area contributed by atoms with Crippen LogP contribution < -0.4 is 0 Å². The van der Waals surface area contributed by atoms with Crippen molar-refractivity contribution in [2.24, 2.45) is 5.92 Å². The minimum atomic E-state index is -0.679. The first kappa shape index (κ1) is 14.5. The molecule has 1 aliphatic rings. The average molecular weight is 242 g/mol. The first-order chi connectivity index (χ1) is 7.99. The summed E-state index contributed by atoms with van der Waals surface area (Å²) in [6.45, 7) is 8.76. The maximum atomic E-state index is 10.7. The lowest BCUT2D eigenvalue weighted by Crippen LogP contribution is -2.42. The number of carboxylic acids is 1. The summed E-state index contributed by atoms with van der Waals surface area (Å²) in [7, 11) is 2.13. The molecule has 1 rings (SSSR count). The third kappa shape index (κ3) is 5.50. The molecule has 1 heterocycles. The Hall–Kier alpha value is -0.610. The number of likely N-dealkylation sites (N-methyl/N-ethyl adjacent to an activating group) is 1. The number of nitrogens with zero attached hydrogens (tertiary/aromatic N) is 2. The van der Waals surface area contributed by atoms with Crippen molar-refractivity contribution in [1.82, 2.24) is 9.80 Å². The van der Waals surface area contributed by atoms with E-state index in [2.05, 4.69) is 30.7 Å². The van der Waals surface area contributed by atoms with Gasteiger partial charge in [-0.2, -0.15) is 0 Å². The van der Waals surface area contributed by atoms with Crippen LogP contribution in [0.4, 0.5) is 0 Å². The van der Waals surface area contributed by atoms with Crippen LogP contribution in [0.25, 0.3) is 0 Å². The van der Waals surface area contributed by atoms with Gasteiger partial charge in [-0.1, -0.05) is 13.8 Å². The lowest BCUT2D eigenvalue weighted by atomic mass is 10.1. The number of hydrogen-bond acceptors (Lipinski definition) is 3. The Morgan fingerprint density at radius 2 is 2.12 bits per heavy atom. The van der Waals surface area contributed by atoms with Gasteiger partial charge in [-0.05, 0) is 38.9 Å². The van der Waals surface area contributed by atoms with E-state index in [1.165, 1.54) is 6.42 Å². The van der Waals surface area contributed by atoms with Gasteiger partial charge < -0.3 is 10.0 Å². The average Bonchev–Trinajstić information content (AvgIpc) is 2.37. The predicted octanol–water partition coefficient (Wildman–Crippen LogP) is 1.51. The van der Waals surface area contributed by atoms with Crippen molar-refractivity contribution in [3.63, 3.8) is 0 Å². The van der Waals surface area contributed by atoms with E-state index in [-0.39, 0.29) is 6.42 Å². The Labute approximate surface area is 105 Å². The summed E-state index contributed by atoms with van der Waals surface area (Å²) in [5.41, 5.74) is 0. The maximum absolute atomic E-state index is 10.7.